The highest BCUT2D eigenvalue weighted by Crippen LogP contribution is 2.29. The molecule has 2 bridgehead atoms. The summed E-state index contributed by atoms with van der Waals surface area (Å²) in [6, 6.07) is 5.00. The number of methoxy groups -OCH3 is 1. The van der Waals surface area contributed by atoms with Crippen LogP contribution in [0.5, 0.6) is 5.88 Å². The van der Waals surface area contributed by atoms with Gasteiger partial charge in [-0.05, 0) is 25.7 Å². The van der Waals surface area contributed by atoms with Crippen LogP contribution in [0.3, 0.4) is 0 Å². The van der Waals surface area contributed by atoms with Crippen molar-refractivity contribution in [1.29, 1.82) is 0 Å². The molecule has 2 aliphatic heterocycles. The van der Waals surface area contributed by atoms with E-state index in [0.29, 0.717) is 47.3 Å². The number of rotatable bonds is 6. The number of aromatic nitrogens is 4. The van der Waals surface area contributed by atoms with E-state index in [1.807, 2.05) is 0 Å². The molecule has 2 aromatic heterocycles. The van der Waals surface area contributed by atoms with E-state index in [1.54, 1.807) is 19.2 Å². The lowest BCUT2D eigenvalue weighted by Gasteiger charge is -2.29. The Morgan fingerprint density at radius 1 is 1.20 bits per heavy atom. The van der Waals surface area contributed by atoms with Crippen LogP contribution in [-0.2, 0) is 6.61 Å². The minimum atomic E-state index is -0.0906. The monoisotopic (exact) mass is 345 g/mol. The van der Waals surface area contributed by atoms with Crippen LogP contribution >= 0.6 is 0 Å². The molecule has 2 fully saturated rings. The van der Waals surface area contributed by atoms with Gasteiger partial charge in [-0.25, -0.2) is 0 Å². The zero-order valence-corrected chi connectivity index (χ0v) is 14.1. The van der Waals surface area contributed by atoms with Gasteiger partial charge in [-0.1, -0.05) is 0 Å². The lowest BCUT2D eigenvalue weighted by atomic mass is 10.0. The molecular formula is C16H23N7O2. The molecular weight excluding hydrogens is 322 g/mol. The van der Waals surface area contributed by atoms with Gasteiger partial charge in [-0.2, -0.15) is 15.1 Å². The highest BCUT2D eigenvalue weighted by Gasteiger charge is 2.33. The second-order valence-electron chi connectivity index (χ2n) is 6.63. The second-order valence-corrected chi connectivity index (χ2v) is 6.63. The fraction of sp³-hybridized carbons (Fsp3) is 0.562. The molecule has 2 aromatic rings. The predicted molar refractivity (Wildman–Crippen MR) is 93.0 cm³/mol. The first-order valence-corrected chi connectivity index (χ1v) is 8.59. The minimum absolute atomic E-state index is 0.0906. The number of ether oxygens (including phenoxy) is 1. The van der Waals surface area contributed by atoms with Gasteiger partial charge in [0.05, 0.1) is 19.4 Å². The van der Waals surface area contributed by atoms with Gasteiger partial charge < -0.3 is 25.8 Å². The van der Waals surface area contributed by atoms with Crippen molar-refractivity contribution in [2.24, 2.45) is 0 Å². The number of aliphatic hydroxyl groups is 1. The number of hydrogen-bond donors (Lipinski definition) is 5. The molecule has 3 atom stereocenters. The van der Waals surface area contributed by atoms with E-state index >= 15 is 0 Å². The van der Waals surface area contributed by atoms with Crippen molar-refractivity contribution in [3.8, 4) is 5.88 Å². The number of fused-ring (bicyclic) bond motifs is 2. The lowest BCUT2D eigenvalue weighted by molar-refractivity contribution is 0.276. The topological polar surface area (TPSA) is 120 Å². The first-order chi connectivity index (χ1) is 12.2. The maximum atomic E-state index is 9.11. The molecule has 134 valence electrons. The van der Waals surface area contributed by atoms with Crippen molar-refractivity contribution in [3.05, 3.63) is 17.8 Å². The molecule has 0 amide bonds. The Bertz CT molecular complexity index is 723. The van der Waals surface area contributed by atoms with Gasteiger partial charge >= 0.3 is 0 Å². The summed E-state index contributed by atoms with van der Waals surface area (Å²) >= 11 is 0. The Morgan fingerprint density at radius 3 is 2.68 bits per heavy atom. The Kier molecular flexibility index (Phi) is 4.41. The van der Waals surface area contributed by atoms with Crippen LogP contribution in [0.25, 0.3) is 0 Å². The van der Waals surface area contributed by atoms with Crippen LogP contribution in [0, 0.1) is 0 Å². The Balaban J connectivity index is 1.49. The summed E-state index contributed by atoms with van der Waals surface area (Å²) in [5, 5.41) is 26.1. The standard InChI is InChI=1S/C16H23N7O2/c1-25-15-7-13(19-14-6-12(8-24)22-23-14)20-16(21-15)18-11-4-9-2-3-10(5-11)17-9/h6-7,9-11,17,24H,2-5,8H2,1H3,(H3,18,19,20,21,22,23)/t9-,10+,11+. The Morgan fingerprint density at radius 2 is 2.00 bits per heavy atom. The molecule has 9 heteroatoms. The lowest BCUT2D eigenvalue weighted by Crippen LogP contribution is -2.43. The molecule has 0 aliphatic carbocycles. The molecule has 0 aromatic carbocycles. The van der Waals surface area contributed by atoms with E-state index in [9.17, 15) is 0 Å². The van der Waals surface area contributed by atoms with Crippen molar-refractivity contribution in [2.75, 3.05) is 17.7 Å². The van der Waals surface area contributed by atoms with Gasteiger partial charge in [0.1, 0.15) is 5.82 Å². The molecule has 5 N–H and O–H groups in total. The van der Waals surface area contributed by atoms with E-state index in [-0.39, 0.29) is 6.61 Å². The van der Waals surface area contributed by atoms with Crippen molar-refractivity contribution in [1.82, 2.24) is 25.5 Å². The summed E-state index contributed by atoms with van der Waals surface area (Å²) in [7, 11) is 1.58. The maximum absolute atomic E-state index is 9.11. The van der Waals surface area contributed by atoms with E-state index in [4.69, 9.17) is 9.84 Å². The van der Waals surface area contributed by atoms with E-state index in [0.717, 1.165) is 12.8 Å². The molecule has 25 heavy (non-hydrogen) atoms. The van der Waals surface area contributed by atoms with Crippen LogP contribution in [0.4, 0.5) is 17.6 Å². The smallest absolute Gasteiger partial charge is 0.228 e. The van der Waals surface area contributed by atoms with Crippen LogP contribution in [0.1, 0.15) is 31.4 Å². The number of aromatic amines is 1. The number of nitrogens with one attached hydrogen (secondary N) is 4. The largest absolute Gasteiger partial charge is 0.481 e. The number of nitrogens with zero attached hydrogens (tertiary/aromatic N) is 3. The van der Waals surface area contributed by atoms with E-state index < -0.39 is 0 Å². The van der Waals surface area contributed by atoms with Crippen LogP contribution < -0.4 is 20.7 Å². The summed E-state index contributed by atoms with van der Waals surface area (Å²) in [5.74, 6) is 2.19. The summed E-state index contributed by atoms with van der Waals surface area (Å²) in [4.78, 5) is 8.93. The summed E-state index contributed by atoms with van der Waals surface area (Å²) in [5.41, 5.74) is 0.632. The first-order valence-electron chi connectivity index (χ1n) is 8.59. The van der Waals surface area contributed by atoms with E-state index in [2.05, 4.69) is 36.1 Å². The van der Waals surface area contributed by atoms with Crippen molar-refractivity contribution in [2.45, 2.75) is 50.4 Å². The summed E-state index contributed by atoms with van der Waals surface area (Å²) < 4.78 is 5.29. The minimum Gasteiger partial charge on any atom is -0.481 e. The third kappa shape index (κ3) is 3.67. The van der Waals surface area contributed by atoms with E-state index in [1.165, 1.54) is 12.8 Å². The van der Waals surface area contributed by atoms with Crippen LogP contribution in [0.15, 0.2) is 12.1 Å². The Labute approximate surface area is 145 Å². The van der Waals surface area contributed by atoms with Crippen LogP contribution in [0.2, 0.25) is 0 Å². The summed E-state index contributed by atoms with van der Waals surface area (Å²) in [6.07, 6.45) is 4.67. The fourth-order valence-corrected chi connectivity index (χ4v) is 3.65. The normalized spacial score (nSPS) is 25.0. The molecule has 0 radical (unpaired) electrons. The predicted octanol–water partition coefficient (Wildman–Crippen LogP) is 1.14. The first kappa shape index (κ1) is 16.1. The fourth-order valence-electron chi connectivity index (χ4n) is 3.65. The van der Waals surface area contributed by atoms with Gasteiger partial charge in [-0.3, -0.25) is 5.10 Å². The number of H-pyrrole nitrogens is 1. The van der Waals surface area contributed by atoms with Gasteiger partial charge in [0.25, 0.3) is 0 Å². The number of anilines is 3. The molecule has 0 spiro atoms. The molecule has 2 saturated heterocycles. The third-order valence-corrected chi connectivity index (χ3v) is 4.78. The zero-order chi connectivity index (χ0) is 17.2. The average molecular weight is 345 g/mol. The SMILES string of the molecule is COc1cc(Nc2cc(CO)[nH]n2)nc(N[C@H]2C[C@H]3CC[C@@H](C2)N3)n1. The van der Waals surface area contributed by atoms with Crippen molar-refractivity contribution >= 4 is 17.6 Å². The van der Waals surface area contributed by atoms with Gasteiger partial charge in [-0.15, -0.1) is 0 Å². The van der Waals surface area contributed by atoms with Gasteiger partial charge in [0, 0.05) is 30.3 Å². The molecule has 0 saturated carbocycles. The second kappa shape index (κ2) is 6.85. The molecule has 4 heterocycles. The van der Waals surface area contributed by atoms with Gasteiger partial charge in [0.15, 0.2) is 5.82 Å². The van der Waals surface area contributed by atoms with Crippen molar-refractivity contribution in [3.63, 3.8) is 0 Å². The molecule has 9 nitrogen and oxygen atoms in total. The molecule has 2 aliphatic rings. The zero-order valence-electron chi connectivity index (χ0n) is 14.1. The number of hydrogen-bond acceptors (Lipinski definition) is 8. The van der Waals surface area contributed by atoms with Crippen molar-refractivity contribution < 1.29 is 9.84 Å². The Hall–Kier alpha value is -2.39. The quantitative estimate of drug-likeness (QED) is 0.529. The number of piperidine rings is 1. The highest BCUT2D eigenvalue weighted by atomic mass is 16.5. The number of aliphatic hydroxyl groups excluding tert-OH is 1. The third-order valence-electron chi connectivity index (χ3n) is 4.78. The molecule has 0 unspecified atom stereocenters. The molecule has 4 rings (SSSR count). The highest BCUT2D eigenvalue weighted by molar-refractivity contribution is 5.55. The average Bonchev–Trinajstić information content (AvgIpc) is 3.20. The van der Waals surface area contributed by atoms with Gasteiger partial charge in [0.2, 0.25) is 11.8 Å². The van der Waals surface area contributed by atoms with Crippen LogP contribution in [-0.4, -0.2) is 50.5 Å². The maximum Gasteiger partial charge on any atom is 0.228 e. The summed E-state index contributed by atoms with van der Waals surface area (Å²) in [6.45, 7) is -0.0906.